The Labute approximate surface area is 131 Å². The van der Waals surface area contributed by atoms with Crippen LogP contribution in [0.15, 0.2) is 12.4 Å². The highest BCUT2D eigenvalue weighted by atomic mass is 32.2. The maximum Gasteiger partial charge on any atom is 0.211 e. The van der Waals surface area contributed by atoms with Crippen molar-refractivity contribution in [2.45, 2.75) is 37.5 Å². The lowest BCUT2D eigenvalue weighted by atomic mass is 9.83. The van der Waals surface area contributed by atoms with E-state index in [1.807, 2.05) is 19.4 Å². The van der Waals surface area contributed by atoms with Crippen LogP contribution in [0.3, 0.4) is 0 Å². The van der Waals surface area contributed by atoms with E-state index < -0.39 is 21.7 Å². The van der Waals surface area contributed by atoms with Gasteiger partial charge in [0.05, 0.1) is 24.1 Å². The summed E-state index contributed by atoms with van der Waals surface area (Å²) in [6.07, 6.45) is 6.66. The van der Waals surface area contributed by atoms with Crippen LogP contribution in [-0.2, 0) is 23.6 Å². The lowest BCUT2D eigenvalue weighted by Crippen LogP contribution is -2.62. The molecule has 3 rings (SSSR count). The van der Waals surface area contributed by atoms with Crippen molar-refractivity contribution >= 4 is 10.0 Å². The second kappa shape index (κ2) is 5.59. The summed E-state index contributed by atoms with van der Waals surface area (Å²) in [7, 11) is -1.39. The summed E-state index contributed by atoms with van der Waals surface area (Å²) in [5.74, 6) is 0. The Balaban J connectivity index is 1.72. The number of sulfonamides is 1. The molecule has 1 N–H and O–H groups in total. The summed E-state index contributed by atoms with van der Waals surface area (Å²) in [6.45, 7) is 2.55. The number of nitrogens with zero attached hydrogens (tertiary/aromatic N) is 4. The fraction of sp³-hybridized carbons (Fsp3) is 0.786. The molecule has 124 valence electrons. The molecule has 1 aromatic rings. The fourth-order valence-electron chi connectivity index (χ4n) is 3.93. The molecule has 0 bridgehead atoms. The third-order valence-corrected chi connectivity index (χ3v) is 6.29. The summed E-state index contributed by atoms with van der Waals surface area (Å²) in [5.41, 5.74) is 0.510. The number of β-amino-alcohol motifs (C(OH)–C–C–N with tert-alkyl or cyclic N) is 1. The molecule has 7 nitrogen and oxygen atoms in total. The molecule has 0 unspecified atom stereocenters. The van der Waals surface area contributed by atoms with Crippen molar-refractivity contribution in [3.05, 3.63) is 18.0 Å². The third-order valence-electron chi connectivity index (χ3n) is 4.94. The van der Waals surface area contributed by atoms with Gasteiger partial charge in [-0.15, -0.1) is 0 Å². The minimum atomic E-state index is -3.28. The van der Waals surface area contributed by atoms with Gasteiger partial charge in [-0.05, 0) is 19.3 Å². The van der Waals surface area contributed by atoms with E-state index in [2.05, 4.69) is 10.00 Å². The van der Waals surface area contributed by atoms with E-state index in [0.717, 1.165) is 31.5 Å². The van der Waals surface area contributed by atoms with Crippen LogP contribution >= 0.6 is 0 Å². The highest BCUT2D eigenvalue weighted by molar-refractivity contribution is 7.88. The highest BCUT2D eigenvalue weighted by Gasteiger charge is 2.52. The third kappa shape index (κ3) is 2.80. The van der Waals surface area contributed by atoms with Gasteiger partial charge in [0.15, 0.2) is 0 Å². The van der Waals surface area contributed by atoms with E-state index >= 15 is 0 Å². The molecule has 2 saturated heterocycles. The minimum Gasteiger partial charge on any atom is -0.390 e. The first-order valence-electron chi connectivity index (χ1n) is 7.67. The first-order chi connectivity index (χ1) is 10.3. The Morgan fingerprint density at radius 2 is 2.18 bits per heavy atom. The highest BCUT2D eigenvalue weighted by Crippen LogP contribution is 2.40. The normalized spacial score (nSPS) is 31.1. The fourth-order valence-corrected chi connectivity index (χ4v) is 5.36. The van der Waals surface area contributed by atoms with Crippen LogP contribution in [0.25, 0.3) is 0 Å². The molecule has 0 saturated carbocycles. The van der Waals surface area contributed by atoms with Crippen molar-refractivity contribution in [1.82, 2.24) is 19.0 Å². The van der Waals surface area contributed by atoms with E-state index in [4.69, 9.17) is 0 Å². The van der Waals surface area contributed by atoms with E-state index in [1.54, 1.807) is 4.68 Å². The molecule has 2 aliphatic rings. The van der Waals surface area contributed by atoms with Crippen LogP contribution in [-0.4, -0.2) is 70.0 Å². The Hall–Kier alpha value is -0.960. The van der Waals surface area contributed by atoms with E-state index in [-0.39, 0.29) is 0 Å². The van der Waals surface area contributed by atoms with Crippen LogP contribution < -0.4 is 0 Å². The molecular weight excluding hydrogens is 304 g/mol. The van der Waals surface area contributed by atoms with Crippen molar-refractivity contribution in [2.75, 3.05) is 25.9 Å². The molecule has 0 amide bonds. The number of hydrogen-bond donors (Lipinski definition) is 1. The average Bonchev–Trinajstić information content (AvgIpc) is 3.01. The van der Waals surface area contributed by atoms with Gasteiger partial charge in [0.1, 0.15) is 0 Å². The number of aliphatic hydroxyl groups is 1. The zero-order valence-corrected chi connectivity index (χ0v) is 14.0. The van der Waals surface area contributed by atoms with Gasteiger partial charge >= 0.3 is 0 Å². The Kier molecular flexibility index (Phi) is 4.05. The zero-order valence-electron chi connectivity index (χ0n) is 13.1. The smallest absolute Gasteiger partial charge is 0.211 e. The first-order valence-corrected chi connectivity index (χ1v) is 9.52. The predicted molar refractivity (Wildman–Crippen MR) is 82.6 cm³/mol. The summed E-state index contributed by atoms with van der Waals surface area (Å²) >= 11 is 0. The van der Waals surface area contributed by atoms with Gasteiger partial charge in [0, 0.05) is 45.0 Å². The number of hydrogen-bond acceptors (Lipinski definition) is 5. The van der Waals surface area contributed by atoms with Gasteiger partial charge < -0.3 is 5.11 Å². The number of rotatable bonds is 3. The summed E-state index contributed by atoms with van der Waals surface area (Å²) < 4.78 is 27.3. The Morgan fingerprint density at radius 3 is 2.77 bits per heavy atom. The van der Waals surface area contributed by atoms with Crippen molar-refractivity contribution in [1.29, 1.82) is 0 Å². The number of likely N-dealkylation sites (tertiary alicyclic amines) is 1. The second-order valence-corrected chi connectivity index (χ2v) is 8.47. The van der Waals surface area contributed by atoms with Gasteiger partial charge in [0.25, 0.3) is 0 Å². The topological polar surface area (TPSA) is 78.7 Å². The molecule has 3 heterocycles. The van der Waals surface area contributed by atoms with Crippen LogP contribution in [0.4, 0.5) is 0 Å². The van der Waals surface area contributed by atoms with Gasteiger partial charge in [-0.25, -0.2) is 8.42 Å². The van der Waals surface area contributed by atoms with Crippen LogP contribution in [0.2, 0.25) is 0 Å². The van der Waals surface area contributed by atoms with E-state index in [0.29, 0.717) is 19.5 Å². The number of piperidine rings is 1. The standard InChI is InChI=1S/C14H24N4O3S/c1-16-9-12(8-15-16)10-17-7-5-14(13(19)11-17)4-3-6-18(14)22(2,20)21/h8-9,13,19H,3-7,10-11H2,1-2H3/t13-,14-/m0/s1. The average molecular weight is 328 g/mol. The lowest BCUT2D eigenvalue weighted by molar-refractivity contribution is -0.0380. The van der Waals surface area contributed by atoms with Gasteiger partial charge in [-0.2, -0.15) is 9.40 Å². The monoisotopic (exact) mass is 328 g/mol. The van der Waals surface area contributed by atoms with Gasteiger partial charge in [0.2, 0.25) is 10.0 Å². The predicted octanol–water partition coefficient (Wildman–Crippen LogP) is -0.219. The van der Waals surface area contributed by atoms with E-state index in [9.17, 15) is 13.5 Å². The van der Waals surface area contributed by atoms with Crippen molar-refractivity contribution in [3.63, 3.8) is 0 Å². The lowest BCUT2D eigenvalue weighted by Gasteiger charge is -2.47. The SMILES string of the molecule is Cn1cc(CN2CC[C@@]3(CCCN3S(C)(=O)=O)[C@@H](O)C2)cn1. The molecule has 2 atom stereocenters. The number of aryl methyl sites for hydroxylation is 1. The molecule has 1 aromatic heterocycles. The molecule has 8 heteroatoms. The van der Waals surface area contributed by atoms with Crippen molar-refractivity contribution in [3.8, 4) is 0 Å². The Bertz CT molecular complexity index is 644. The molecule has 2 fully saturated rings. The maximum atomic E-state index is 12.0. The molecule has 2 aliphatic heterocycles. The summed E-state index contributed by atoms with van der Waals surface area (Å²) in [4.78, 5) is 2.17. The van der Waals surface area contributed by atoms with Crippen molar-refractivity contribution in [2.24, 2.45) is 7.05 Å². The second-order valence-electron chi connectivity index (χ2n) is 6.57. The van der Waals surface area contributed by atoms with Crippen LogP contribution in [0, 0.1) is 0 Å². The largest absolute Gasteiger partial charge is 0.390 e. The number of aromatic nitrogens is 2. The van der Waals surface area contributed by atoms with Crippen LogP contribution in [0.1, 0.15) is 24.8 Å². The van der Waals surface area contributed by atoms with Crippen LogP contribution in [0.5, 0.6) is 0 Å². The molecule has 0 radical (unpaired) electrons. The first kappa shape index (κ1) is 15.9. The maximum absolute atomic E-state index is 12.0. The van der Waals surface area contributed by atoms with E-state index in [1.165, 1.54) is 10.6 Å². The molecule has 0 aromatic carbocycles. The molecule has 0 aliphatic carbocycles. The quantitative estimate of drug-likeness (QED) is 0.830. The zero-order chi connectivity index (χ0) is 16.0. The summed E-state index contributed by atoms with van der Waals surface area (Å²) in [6, 6.07) is 0. The van der Waals surface area contributed by atoms with Gasteiger partial charge in [-0.3, -0.25) is 9.58 Å². The van der Waals surface area contributed by atoms with Crippen molar-refractivity contribution < 1.29 is 13.5 Å². The van der Waals surface area contributed by atoms with Gasteiger partial charge in [-0.1, -0.05) is 0 Å². The molecule has 22 heavy (non-hydrogen) atoms. The Morgan fingerprint density at radius 1 is 1.41 bits per heavy atom. The minimum absolute atomic E-state index is 0.501. The molecular formula is C14H24N4O3S. The number of aliphatic hydroxyl groups excluding tert-OH is 1. The molecule has 1 spiro atoms. The summed E-state index contributed by atoms with van der Waals surface area (Å²) in [5, 5.41) is 14.8.